The van der Waals surface area contributed by atoms with E-state index in [1.165, 1.54) is 30.0 Å². The molecule has 9 nitrogen and oxygen atoms in total. The smallest absolute Gasteiger partial charge is 0.322 e. The van der Waals surface area contributed by atoms with Crippen LogP contribution in [0.5, 0.6) is 0 Å². The number of carbonyl (C=O) groups excluding carboxylic acids is 2. The van der Waals surface area contributed by atoms with Crippen molar-refractivity contribution in [1.29, 1.82) is 0 Å². The van der Waals surface area contributed by atoms with E-state index in [4.69, 9.17) is 5.73 Å². The molecule has 2 aromatic heterocycles. The highest BCUT2D eigenvalue weighted by atomic mass is 32.1. The van der Waals surface area contributed by atoms with Gasteiger partial charge in [-0.2, -0.15) is 5.10 Å². The van der Waals surface area contributed by atoms with Crippen molar-refractivity contribution in [2.24, 2.45) is 24.1 Å². The summed E-state index contributed by atoms with van der Waals surface area (Å²) in [5, 5.41) is 18.3. The van der Waals surface area contributed by atoms with E-state index in [1.807, 2.05) is 0 Å². The Balaban J connectivity index is 1.98. The summed E-state index contributed by atoms with van der Waals surface area (Å²) in [7, 11) is 1.53. The van der Waals surface area contributed by atoms with Crippen LogP contribution >= 0.6 is 11.3 Å². The Morgan fingerprint density at radius 2 is 2.03 bits per heavy atom. The number of primary amides is 1. The molecule has 1 aliphatic rings. The van der Waals surface area contributed by atoms with Crippen LogP contribution in [0.25, 0.3) is 0 Å². The van der Waals surface area contributed by atoms with Gasteiger partial charge in [-0.05, 0) is 43.1 Å². The fraction of sp³-hybridized carbons (Fsp3) is 0.526. The zero-order valence-corrected chi connectivity index (χ0v) is 18.0. The SMILES string of the molecule is Cc1c([N+](=O)[O-])c(C(=O)Nc2sc3c(c2C(N)=O)CCC(C(C)(C)C)C3)nn1C. The number of aromatic nitrogens is 2. The quantitative estimate of drug-likeness (QED) is 0.580. The normalized spacial score (nSPS) is 16.4. The van der Waals surface area contributed by atoms with Crippen molar-refractivity contribution >= 4 is 33.8 Å². The van der Waals surface area contributed by atoms with Crippen molar-refractivity contribution in [1.82, 2.24) is 9.78 Å². The van der Waals surface area contributed by atoms with E-state index in [2.05, 4.69) is 31.2 Å². The van der Waals surface area contributed by atoms with Gasteiger partial charge in [0.2, 0.25) is 5.69 Å². The molecule has 0 fully saturated rings. The van der Waals surface area contributed by atoms with E-state index in [0.29, 0.717) is 22.9 Å². The van der Waals surface area contributed by atoms with Crippen LogP contribution < -0.4 is 11.1 Å². The first-order chi connectivity index (χ1) is 13.4. The first kappa shape index (κ1) is 21.0. The van der Waals surface area contributed by atoms with E-state index in [1.54, 1.807) is 0 Å². The topological polar surface area (TPSA) is 133 Å². The van der Waals surface area contributed by atoms with Gasteiger partial charge in [-0.25, -0.2) is 0 Å². The van der Waals surface area contributed by atoms with Crippen LogP contribution in [0.15, 0.2) is 0 Å². The minimum Gasteiger partial charge on any atom is -0.365 e. The molecule has 1 atom stereocenters. The summed E-state index contributed by atoms with van der Waals surface area (Å²) in [5.74, 6) is -0.884. The highest BCUT2D eigenvalue weighted by Crippen LogP contribution is 2.44. The molecular formula is C19H25N5O4S. The van der Waals surface area contributed by atoms with Crippen molar-refractivity contribution < 1.29 is 14.5 Å². The summed E-state index contributed by atoms with van der Waals surface area (Å²) in [6.45, 7) is 8.09. The van der Waals surface area contributed by atoms with Crippen LogP contribution in [0.1, 0.15) is 64.2 Å². The molecule has 29 heavy (non-hydrogen) atoms. The van der Waals surface area contributed by atoms with E-state index < -0.39 is 16.7 Å². The van der Waals surface area contributed by atoms with Gasteiger partial charge in [0.1, 0.15) is 10.7 Å². The van der Waals surface area contributed by atoms with Gasteiger partial charge in [-0.15, -0.1) is 11.3 Å². The Bertz CT molecular complexity index is 1010. The lowest BCUT2D eigenvalue weighted by molar-refractivity contribution is -0.385. The fourth-order valence-corrected chi connectivity index (χ4v) is 5.13. The molecule has 0 spiro atoms. The summed E-state index contributed by atoms with van der Waals surface area (Å²) < 4.78 is 1.29. The number of fused-ring (bicyclic) bond motifs is 1. The summed E-state index contributed by atoms with van der Waals surface area (Å²) in [5.41, 5.74) is 6.56. The second-order valence-electron chi connectivity index (χ2n) is 8.50. The second kappa shape index (κ2) is 7.25. The fourth-order valence-electron chi connectivity index (χ4n) is 3.80. The number of rotatable bonds is 4. The van der Waals surface area contributed by atoms with Crippen LogP contribution in [-0.4, -0.2) is 26.5 Å². The Morgan fingerprint density at radius 1 is 1.38 bits per heavy atom. The Kier molecular flexibility index (Phi) is 5.24. The summed E-state index contributed by atoms with van der Waals surface area (Å²) in [6.07, 6.45) is 2.46. The minimum atomic E-state index is -0.728. The molecule has 3 N–H and O–H groups in total. The maximum atomic E-state index is 12.8. The van der Waals surface area contributed by atoms with Crippen LogP contribution in [0.3, 0.4) is 0 Å². The molecule has 0 bridgehead atoms. The number of aryl methyl sites for hydroxylation is 1. The first-order valence-electron chi connectivity index (χ1n) is 9.35. The molecule has 1 unspecified atom stereocenters. The van der Waals surface area contributed by atoms with Crippen LogP contribution in [0.4, 0.5) is 10.7 Å². The van der Waals surface area contributed by atoms with E-state index in [0.717, 1.165) is 23.3 Å². The molecule has 2 aromatic rings. The van der Waals surface area contributed by atoms with Crippen molar-refractivity contribution in [3.8, 4) is 0 Å². The number of amides is 2. The first-order valence-corrected chi connectivity index (χ1v) is 10.2. The molecule has 0 radical (unpaired) electrons. The summed E-state index contributed by atoms with van der Waals surface area (Å²) in [4.78, 5) is 36.7. The van der Waals surface area contributed by atoms with Crippen molar-refractivity contribution in [3.05, 3.63) is 37.5 Å². The van der Waals surface area contributed by atoms with Crippen molar-refractivity contribution in [3.63, 3.8) is 0 Å². The molecule has 0 saturated heterocycles. The number of nitro groups is 1. The number of nitrogens with one attached hydrogen (secondary N) is 1. The largest absolute Gasteiger partial charge is 0.365 e. The molecular weight excluding hydrogens is 394 g/mol. The third-order valence-electron chi connectivity index (χ3n) is 5.66. The lowest BCUT2D eigenvalue weighted by Gasteiger charge is -2.33. The van der Waals surface area contributed by atoms with E-state index in [-0.39, 0.29) is 22.5 Å². The Hall–Kier alpha value is -2.75. The second-order valence-corrected chi connectivity index (χ2v) is 9.60. The van der Waals surface area contributed by atoms with Gasteiger partial charge in [-0.1, -0.05) is 20.8 Å². The maximum absolute atomic E-state index is 12.8. The zero-order chi connectivity index (χ0) is 21.7. The van der Waals surface area contributed by atoms with Gasteiger partial charge < -0.3 is 11.1 Å². The molecule has 10 heteroatoms. The van der Waals surface area contributed by atoms with Crippen LogP contribution in [0.2, 0.25) is 0 Å². The molecule has 0 aromatic carbocycles. The number of anilines is 1. The lowest BCUT2D eigenvalue weighted by atomic mass is 9.72. The van der Waals surface area contributed by atoms with Gasteiger partial charge in [0.15, 0.2) is 0 Å². The molecule has 156 valence electrons. The van der Waals surface area contributed by atoms with Crippen molar-refractivity contribution in [2.45, 2.75) is 47.0 Å². The molecule has 2 heterocycles. The Morgan fingerprint density at radius 3 is 2.59 bits per heavy atom. The number of nitrogens with zero attached hydrogens (tertiary/aromatic N) is 3. The molecule has 0 aliphatic heterocycles. The van der Waals surface area contributed by atoms with Gasteiger partial charge >= 0.3 is 5.69 Å². The number of hydrogen-bond acceptors (Lipinski definition) is 6. The highest BCUT2D eigenvalue weighted by Gasteiger charge is 2.35. The third-order valence-corrected chi connectivity index (χ3v) is 6.83. The molecule has 3 rings (SSSR count). The average Bonchev–Trinajstić information content (AvgIpc) is 3.10. The van der Waals surface area contributed by atoms with Gasteiger partial charge in [-0.3, -0.25) is 24.4 Å². The molecule has 2 amide bonds. The predicted molar refractivity (Wildman–Crippen MR) is 110 cm³/mol. The summed E-state index contributed by atoms with van der Waals surface area (Å²) in [6, 6.07) is 0. The van der Waals surface area contributed by atoms with E-state index in [9.17, 15) is 19.7 Å². The molecule has 0 saturated carbocycles. The maximum Gasteiger partial charge on any atom is 0.322 e. The van der Waals surface area contributed by atoms with Crippen LogP contribution in [-0.2, 0) is 19.9 Å². The third kappa shape index (κ3) is 3.76. The standard InChI is InChI=1S/C19H25N5O4S/c1-9-15(24(27)28)14(22-23(9)5)17(26)21-18-13(16(20)25)11-7-6-10(19(2,3)4)8-12(11)29-18/h10H,6-8H2,1-5H3,(H2,20,25)(H,21,26). The average molecular weight is 420 g/mol. The predicted octanol–water partition coefficient (Wildman–Crippen LogP) is 3.20. The summed E-state index contributed by atoms with van der Waals surface area (Å²) >= 11 is 1.32. The van der Waals surface area contributed by atoms with Gasteiger partial charge in [0.05, 0.1) is 10.5 Å². The van der Waals surface area contributed by atoms with Crippen LogP contribution in [0, 0.1) is 28.4 Å². The van der Waals surface area contributed by atoms with Crippen molar-refractivity contribution in [2.75, 3.05) is 5.32 Å². The van der Waals surface area contributed by atoms with E-state index >= 15 is 0 Å². The monoisotopic (exact) mass is 419 g/mol. The number of thiophene rings is 1. The minimum absolute atomic E-state index is 0.129. The molecule has 1 aliphatic carbocycles. The Labute approximate surface area is 172 Å². The number of carbonyl (C=O) groups is 2. The number of hydrogen-bond donors (Lipinski definition) is 2. The zero-order valence-electron chi connectivity index (χ0n) is 17.2. The highest BCUT2D eigenvalue weighted by molar-refractivity contribution is 7.17. The lowest BCUT2D eigenvalue weighted by Crippen LogP contribution is -2.27. The van der Waals surface area contributed by atoms with Gasteiger partial charge in [0, 0.05) is 11.9 Å². The number of nitrogens with two attached hydrogens (primary N) is 1. The van der Waals surface area contributed by atoms with Gasteiger partial charge in [0.25, 0.3) is 11.8 Å².